The zero-order valence-electron chi connectivity index (χ0n) is 20.7. The minimum atomic E-state index is -4.45. The van der Waals surface area contributed by atoms with Crippen LogP contribution in [0.15, 0.2) is 36.7 Å². The van der Waals surface area contributed by atoms with Crippen LogP contribution >= 0.6 is 0 Å². The van der Waals surface area contributed by atoms with Gasteiger partial charge in [0.05, 0.1) is 30.0 Å². The van der Waals surface area contributed by atoms with Crippen LogP contribution in [-0.2, 0) is 26.9 Å². The molecule has 1 aromatic heterocycles. The molecule has 2 aromatic rings. The molecular formula is C26H30F3N5O3. The van der Waals surface area contributed by atoms with E-state index in [-0.39, 0.29) is 30.3 Å². The standard InChI is InChI=1S/C26H30F3N5O3/c1-2-37-24(36)17-6-10-32(11-7-17)23(35)20-15-18-14-19(26(27,28)29)4-5-21(18)34-13-12-33(16-22(20)34)25-30-8-3-9-31-25/h3-5,8-9,14,17,20,22H,2,6-7,10-13,15-16H2,1H3. The van der Waals surface area contributed by atoms with Gasteiger partial charge in [-0.3, -0.25) is 9.59 Å². The van der Waals surface area contributed by atoms with Crippen LogP contribution in [0.5, 0.6) is 0 Å². The van der Waals surface area contributed by atoms with Crippen molar-refractivity contribution in [2.24, 2.45) is 11.8 Å². The Morgan fingerprint density at radius 3 is 2.49 bits per heavy atom. The number of benzene rings is 1. The molecule has 4 heterocycles. The summed E-state index contributed by atoms with van der Waals surface area (Å²) < 4.78 is 45.6. The van der Waals surface area contributed by atoms with E-state index in [4.69, 9.17) is 4.74 Å². The highest BCUT2D eigenvalue weighted by atomic mass is 19.4. The number of piperidine rings is 1. The van der Waals surface area contributed by atoms with Crippen LogP contribution in [-0.4, -0.2) is 72.1 Å². The number of anilines is 2. The van der Waals surface area contributed by atoms with Crippen LogP contribution < -0.4 is 9.80 Å². The molecule has 37 heavy (non-hydrogen) atoms. The lowest BCUT2D eigenvalue weighted by Gasteiger charge is -2.50. The minimum Gasteiger partial charge on any atom is -0.466 e. The van der Waals surface area contributed by atoms with Gasteiger partial charge in [0.2, 0.25) is 11.9 Å². The summed E-state index contributed by atoms with van der Waals surface area (Å²) in [5, 5.41) is 0. The van der Waals surface area contributed by atoms with Crippen LogP contribution in [0, 0.1) is 11.8 Å². The molecule has 2 fully saturated rings. The lowest BCUT2D eigenvalue weighted by molar-refractivity contribution is -0.152. The van der Waals surface area contributed by atoms with Crippen LogP contribution in [0.2, 0.25) is 0 Å². The predicted octanol–water partition coefficient (Wildman–Crippen LogP) is 3.16. The van der Waals surface area contributed by atoms with Gasteiger partial charge in [0.1, 0.15) is 0 Å². The van der Waals surface area contributed by atoms with Gasteiger partial charge in [-0.25, -0.2) is 9.97 Å². The lowest BCUT2D eigenvalue weighted by Crippen LogP contribution is -2.62. The molecule has 11 heteroatoms. The number of alkyl halides is 3. The largest absolute Gasteiger partial charge is 0.466 e. The summed E-state index contributed by atoms with van der Waals surface area (Å²) in [5.74, 6) is -0.514. The smallest absolute Gasteiger partial charge is 0.416 e. The second-order valence-electron chi connectivity index (χ2n) is 9.76. The molecular weight excluding hydrogens is 487 g/mol. The molecule has 5 rings (SSSR count). The fourth-order valence-corrected chi connectivity index (χ4v) is 5.75. The Kier molecular flexibility index (Phi) is 6.96. The summed E-state index contributed by atoms with van der Waals surface area (Å²) in [4.78, 5) is 40.6. The third kappa shape index (κ3) is 5.08. The number of halogens is 3. The van der Waals surface area contributed by atoms with Crippen molar-refractivity contribution in [2.45, 2.75) is 38.4 Å². The Morgan fingerprint density at radius 2 is 1.81 bits per heavy atom. The first-order valence-electron chi connectivity index (χ1n) is 12.7. The van der Waals surface area contributed by atoms with Crippen LogP contribution in [0.4, 0.5) is 24.8 Å². The van der Waals surface area contributed by atoms with E-state index in [1.54, 1.807) is 30.3 Å². The fraction of sp³-hybridized carbons (Fsp3) is 0.538. The van der Waals surface area contributed by atoms with Crippen molar-refractivity contribution in [1.29, 1.82) is 0 Å². The number of esters is 1. The molecule has 1 aromatic carbocycles. The highest BCUT2D eigenvalue weighted by molar-refractivity contribution is 5.83. The average molecular weight is 518 g/mol. The summed E-state index contributed by atoms with van der Waals surface area (Å²) in [7, 11) is 0. The zero-order valence-corrected chi connectivity index (χ0v) is 20.7. The number of piperazine rings is 1. The molecule has 2 saturated heterocycles. The first-order chi connectivity index (χ1) is 17.8. The molecule has 0 radical (unpaired) electrons. The monoisotopic (exact) mass is 517 g/mol. The third-order valence-corrected chi connectivity index (χ3v) is 7.62. The van der Waals surface area contributed by atoms with E-state index in [1.165, 1.54) is 12.1 Å². The molecule has 2 unspecified atom stereocenters. The summed E-state index contributed by atoms with van der Waals surface area (Å²) in [5.41, 5.74) is 0.578. The van der Waals surface area contributed by atoms with Gasteiger partial charge in [0, 0.05) is 50.8 Å². The van der Waals surface area contributed by atoms with Gasteiger partial charge in [-0.1, -0.05) is 0 Å². The van der Waals surface area contributed by atoms with Gasteiger partial charge in [0.25, 0.3) is 0 Å². The van der Waals surface area contributed by atoms with Crippen molar-refractivity contribution in [3.8, 4) is 0 Å². The second-order valence-corrected chi connectivity index (χ2v) is 9.76. The SMILES string of the molecule is CCOC(=O)C1CCN(C(=O)C2Cc3cc(C(F)(F)F)ccc3N3CCN(c4ncccn4)CC23)CC1. The highest BCUT2D eigenvalue weighted by Gasteiger charge is 2.45. The molecule has 2 atom stereocenters. The molecule has 3 aliphatic rings. The van der Waals surface area contributed by atoms with Crippen molar-refractivity contribution in [3.05, 3.63) is 47.8 Å². The van der Waals surface area contributed by atoms with Gasteiger partial charge in [-0.2, -0.15) is 13.2 Å². The zero-order chi connectivity index (χ0) is 26.2. The van der Waals surface area contributed by atoms with E-state index in [9.17, 15) is 22.8 Å². The molecule has 0 spiro atoms. The van der Waals surface area contributed by atoms with Crippen molar-refractivity contribution in [2.75, 3.05) is 49.1 Å². The Bertz CT molecular complexity index is 1140. The number of fused-ring (bicyclic) bond motifs is 3. The van der Waals surface area contributed by atoms with Crippen molar-refractivity contribution in [3.63, 3.8) is 0 Å². The summed E-state index contributed by atoms with van der Waals surface area (Å²) in [6.07, 6.45) is 0.138. The Balaban J connectivity index is 1.41. The van der Waals surface area contributed by atoms with Crippen LogP contribution in [0.3, 0.4) is 0 Å². The second kappa shape index (κ2) is 10.2. The quantitative estimate of drug-likeness (QED) is 0.577. The van der Waals surface area contributed by atoms with Gasteiger partial charge >= 0.3 is 12.1 Å². The first kappa shape index (κ1) is 25.3. The summed E-state index contributed by atoms with van der Waals surface area (Å²) in [6, 6.07) is 5.33. The van der Waals surface area contributed by atoms with Crippen molar-refractivity contribution < 1.29 is 27.5 Å². The van der Waals surface area contributed by atoms with Gasteiger partial charge < -0.3 is 19.4 Å². The summed E-state index contributed by atoms with van der Waals surface area (Å²) in [6.45, 7) is 4.54. The first-order valence-corrected chi connectivity index (χ1v) is 12.7. The maximum absolute atomic E-state index is 13.9. The Labute approximate surface area is 213 Å². The third-order valence-electron chi connectivity index (χ3n) is 7.62. The fourth-order valence-electron chi connectivity index (χ4n) is 5.75. The molecule has 0 saturated carbocycles. The predicted molar refractivity (Wildman–Crippen MR) is 130 cm³/mol. The number of likely N-dealkylation sites (tertiary alicyclic amines) is 1. The summed E-state index contributed by atoms with van der Waals surface area (Å²) >= 11 is 0. The van der Waals surface area contributed by atoms with Crippen molar-refractivity contribution >= 4 is 23.5 Å². The lowest BCUT2D eigenvalue weighted by atomic mass is 9.82. The van der Waals surface area contributed by atoms with E-state index in [0.717, 1.165) is 11.8 Å². The topological polar surface area (TPSA) is 78.9 Å². The Hall–Kier alpha value is -3.37. The van der Waals surface area contributed by atoms with E-state index in [1.807, 2.05) is 4.90 Å². The number of rotatable bonds is 4. The number of carbonyl (C=O) groups excluding carboxylic acids is 2. The van der Waals surface area contributed by atoms with Gasteiger partial charge in [-0.05, 0) is 56.0 Å². The van der Waals surface area contributed by atoms with Gasteiger partial charge in [0.15, 0.2) is 0 Å². The molecule has 0 bridgehead atoms. The van der Waals surface area contributed by atoms with E-state index >= 15 is 0 Å². The number of nitrogens with zero attached hydrogens (tertiary/aromatic N) is 5. The molecule has 8 nitrogen and oxygen atoms in total. The number of carbonyl (C=O) groups is 2. The normalized spacial score (nSPS) is 22.3. The average Bonchev–Trinajstić information content (AvgIpc) is 2.91. The molecule has 0 aliphatic carbocycles. The number of ether oxygens (including phenoxy) is 1. The number of amides is 1. The number of hydrogen-bond donors (Lipinski definition) is 0. The van der Waals surface area contributed by atoms with E-state index < -0.39 is 17.7 Å². The number of hydrogen-bond acceptors (Lipinski definition) is 7. The van der Waals surface area contributed by atoms with E-state index in [0.29, 0.717) is 63.7 Å². The maximum atomic E-state index is 13.9. The number of aromatic nitrogens is 2. The van der Waals surface area contributed by atoms with E-state index in [2.05, 4.69) is 14.9 Å². The van der Waals surface area contributed by atoms with Crippen LogP contribution in [0.1, 0.15) is 30.9 Å². The highest BCUT2D eigenvalue weighted by Crippen LogP contribution is 2.40. The Morgan fingerprint density at radius 1 is 1.08 bits per heavy atom. The van der Waals surface area contributed by atoms with Crippen molar-refractivity contribution in [1.82, 2.24) is 14.9 Å². The molecule has 0 N–H and O–H groups in total. The van der Waals surface area contributed by atoms with Crippen LogP contribution in [0.25, 0.3) is 0 Å². The molecule has 3 aliphatic heterocycles. The maximum Gasteiger partial charge on any atom is 0.416 e. The molecule has 198 valence electrons. The molecule has 1 amide bonds. The minimum absolute atomic E-state index is 0.0869. The van der Waals surface area contributed by atoms with Gasteiger partial charge in [-0.15, -0.1) is 0 Å².